The highest BCUT2D eigenvalue weighted by Crippen LogP contribution is 2.32. The molecule has 7 nitrogen and oxygen atoms in total. The van der Waals surface area contributed by atoms with E-state index in [1.165, 1.54) is 0 Å². The molecular formula is C16H17F3N2O5. The van der Waals surface area contributed by atoms with Gasteiger partial charge in [-0.05, 0) is 24.6 Å². The van der Waals surface area contributed by atoms with Crippen molar-refractivity contribution in [2.45, 2.75) is 31.5 Å². The predicted molar refractivity (Wildman–Crippen MR) is 83.6 cm³/mol. The van der Waals surface area contributed by atoms with Gasteiger partial charge in [-0.2, -0.15) is 13.2 Å². The van der Waals surface area contributed by atoms with Crippen molar-refractivity contribution in [1.29, 1.82) is 0 Å². The number of alkyl halides is 3. The largest absolute Gasteiger partial charge is 0.481 e. The van der Waals surface area contributed by atoms with Gasteiger partial charge in [-0.15, -0.1) is 0 Å². The average Bonchev–Trinajstić information content (AvgIpc) is 2.92. The Labute approximate surface area is 146 Å². The van der Waals surface area contributed by atoms with Crippen molar-refractivity contribution in [3.05, 3.63) is 29.3 Å². The number of hydrogen-bond donors (Lipinski definition) is 3. The maximum Gasteiger partial charge on any atom is 0.416 e. The lowest BCUT2D eigenvalue weighted by atomic mass is 9.93. The van der Waals surface area contributed by atoms with Gasteiger partial charge in [0, 0.05) is 24.8 Å². The normalized spacial score (nSPS) is 19.8. The van der Waals surface area contributed by atoms with Crippen LogP contribution in [0.4, 0.5) is 18.9 Å². The zero-order valence-corrected chi connectivity index (χ0v) is 13.8. The molecule has 142 valence electrons. The molecule has 2 rings (SSSR count). The van der Waals surface area contributed by atoms with Crippen LogP contribution < -0.4 is 10.6 Å². The van der Waals surface area contributed by atoms with Crippen molar-refractivity contribution in [1.82, 2.24) is 5.32 Å². The molecule has 1 saturated heterocycles. The molecule has 2 amide bonds. The molecule has 0 radical (unpaired) electrons. The maximum atomic E-state index is 13.1. The second kappa shape index (κ2) is 7.32. The smallest absolute Gasteiger partial charge is 0.416 e. The number of amides is 2. The molecule has 0 spiro atoms. The van der Waals surface area contributed by atoms with Crippen molar-refractivity contribution in [2.24, 2.45) is 0 Å². The van der Waals surface area contributed by atoms with Crippen molar-refractivity contribution in [2.75, 3.05) is 18.5 Å². The molecule has 1 heterocycles. The van der Waals surface area contributed by atoms with Crippen LogP contribution in [0.25, 0.3) is 0 Å². The maximum absolute atomic E-state index is 13.1. The number of halogens is 3. The molecule has 0 aromatic heterocycles. The molecule has 0 bridgehead atoms. The summed E-state index contributed by atoms with van der Waals surface area (Å²) in [7, 11) is 0. The summed E-state index contributed by atoms with van der Waals surface area (Å²) < 4.78 is 44.3. The van der Waals surface area contributed by atoms with Gasteiger partial charge < -0.3 is 20.5 Å². The molecular weight excluding hydrogens is 357 g/mol. The molecule has 1 aromatic rings. The first-order valence-electron chi connectivity index (χ1n) is 7.63. The minimum absolute atomic E-state index is 0.0530. The summed E-state index contributed by atoms with van der Waals surface area (Å²) >= 11 is 0. The van der Waals surface area contributed by atoms with E-state index >= 15 is 0 Å². The summed E-state index contributed by atoms with van der Waals surface area (Å²) in [6, 6.07) is 2.45. The Morgan fingerprint density at radius 3 is 2.46 bits per heavy atom. The molecule has 1 aromatic carbocycles. The lowest BCUT2D eigenvalue weighted by molar-refractivity contribution is -0.139. The van der Waals surface area contributed by atoms with E-state index in [-0.39, 0.29) is 30.9 Å². The SMILES string of the molecule is CC(=O)Nc1cc(C(=O)NC2(CC(=O)O)CCOC2)cc(C(F)(F)F)c1. The fourth-order valence-corrected chi connectivity index (χ4v) is 2.69. The van der Waals surface area contributed by atoms with Gasteiger partial charge in [0.1, 0.15) is 0 Å². The van der Waals surface area contributed by atoms with Crippen LogP contribution in [0.1, 0.15) is 35.7 Å². The Hall–Kier alpha value is -2.62. The van der Waals surface area contributed by atoms with E-state index in [1.54, 1.807) is 0 Å². The Balaban J connectivity index is 2.34. The fourth-order valence-electron chi connectivity index (χ4n) is 2.69. The summed E-state index contributed by atoms with van der Waals surface area (Å²) in [6.45, 7) is 1.30. The number of nitrogens with one attached hydrogen (secondary N) is 2. The zero-order valence-electron chi connectivity index (χ0n) is 13.8. The number of hydrogen-bond acceptors (Lipinski definition) is 4. The van der Waals surface area contributed by atoms with Gasteiger partial charge in [-0.25, -0.2) is 0 Å². The van der Waals surface area contributed by atoms with Gasteiger partial charge in [-0.1, -0.05) is 0 Å². The van der Waals surface area contributed by atoms with E-state index in [0.717, 1.165) is 13.0 Å². The van der Waals surface area contributed by atoms with E-state index in [9.17, 15) is 27.6 Å². The summed E-state index contributed by atoms with van der Waals surface area (Å²) in [5, 5.41) is 13.7. The Bertz CT molecular complexity index is 727. The second-order valence-corrected chi connectivity index (χ2v) is 6.09. The number of rotatable bonds is 5. The number of anilines is 1. The van der Waals surface area contributed by atoms with Crippen LogP contribution in [0.5, 0.6) is 0 Å². The highest BCUT2D eigenvalue weighted by molar-refractivity contribution is 5.97. The van der Waals surface area contributed by atoms with Crippen LogP contribution in [0.2, 0.25) is 0 Å². The number of benzene rings is 1. The number of ether oxygens (including phenoxy) is 1. The van der Waals surface area contributed by atoms with Crippen LogP contribution >= 0.6 is 0 Å². The second-order valence-electron chi connectivity index (χ2n) is 6.09. The average molecular weight is 374 g/mol. The Morgan fingerprint density at radius 2 is 1.96 bits per heavy atom. The minimum atomic E-state index is -4.72. The van der Waals surface area contributed by atoms with E-state index < -0.39 is 41.5 Å². The van der Waals surface area contributed by atoms with Crippen molar-refractivity contribution in [3.8, 4) is 0 Å². The summed E-state index contributed by atoms with van der Waals surface area (Å²) in [4.78, 5) is 34.6. The standard InChI is InChI=1S/C16H17F3N2O5/c1-9(22)20-12-5-10(4-11(6-12)16(17,18)19)14(25)21-15(7-13(23)24)2-3-26-8-15/h4-6H,2-3,7-8H2,1H3,(H,20,22)(H,21,25)(H,23,24). The zero-order chi connectivity index (χ0) is 19.5. The predicted octanol–water partition coefficient (Wildman–Crippen LogP) is 2.03. The van der Waals surface area contributed by atoms with E-state index in [0.29, 0.717) is 12.1 Å². The highest BCUT2D eigenvalue weighted by atomic mass is 19.4. The third-order valence-corrected chi connectivity index (χ3v) is 3.81. The number of carbonyl (C=O) groups excluding carboxylic acids is 2. The van der Waals surface area contributed by atoms with Gasteiger partial charge >= 0.3 is 12.1 Å². The first-order valence-corrected chi connectivity index (χ1v) is 7.63. The number of aliphatic carboxylic acids is 1. The summed E-state index contributed by atoms with van der Waals surface area (Å²) in [5.74, 6) is -2.64. The number of carbonyl (C=O) groups is 3. The lowest BCUT2D eigenvalue weighted by Gasteiger charge is -2.27. The van der Waals surface area contributed by atoms with Crippen LogP contribution in [0.3, 0.4) is 0 Å². The highest BCUT2D eigenvalue weighted by Gasteiger charge is 2.39. The van der Waals surface area contributed by atoms with Crippen LogP contribution in [0, 0.1) is 0 Å². The minimum Gasteiger partial charge on any atom is -0.481 e. The Morgan fingerprint density at radius 1 is 1.27 bits per heavy atom. The van der Waals surface area contributed by atoms with E-state index in [2.05, 4.69) is 10.6 Å². The molecule has 10 heteroatoms. The van der Waals surface area contributed by atoms with Crippen molar-refractivity contribution in [3.63, 3.8) is 0 Å². The third kappa shape index (κ3) is 4.94. The van der Waals surface area contributed by atoms with Gasteiger partial charge in [0.2, 0.25) is 5.91 Å². The topological polar surface area (TPSA) is 105 Å². The first kappa shape index (κ1) is 19.7. The molecule has 26 heavy (non-hydrogen) atoms. The van der Waals surface area contributed by atoms with Gasteiger partial charge in [0.05, 0.1) is 24.1 Å². The van der Waals surface area contributed by atoms with Gasteiger partial charge in [-0.3, -0.25) is 14.4 Å². The first-order chi connectivity index (χ1) is 12.0. The van der Waals surface area contributed by atoms with E-state index in [1.807, 2.05) is 0 Å². The number of carboxylic acid groups (broad SMARTS) is 1. The van der Waals surface area contributed by atoms with Gasteiger partial charge in [0.25, 0.3) is 5.91 Å². The molecule has 0 saturated carbocycles. The molecule has 1 fully saturated rings. The Kier molecular flexibility index (Phi) is 5.55. The number of carboxylic acids is 1. The van der Waals surface area contributed by atoms with Crippen molar-refractivity contribution >= 4 is 23.5 Å². The fraction of sp³-hybridized carbons (Fsp3) is 0.438. The third-order valence-electron chi connectivity index (χ3n) is 3.81. The van der Waals surface area contributed by atoms with Crippen LogP contribution in [-0.2, 0) is 20.5 Å². The van der Waals surface area contributed by atoms with E-state index in [4.69, 9.17) is 9.84 Å². The van der Waals surface area contributed by atoms with Crippen LogP contribution in [-0.4, -0.2) is 41.6 Å². The molecule has 1 aliphatic rings. The molecule has 1 aliphatic heterocycles. The summed E-state index contributed by atoms with van der Waals surface area (Å²) in [6.07, 6.45) is -4.92. The molecule has 1 unspecified atom stereocenters. The summed E-state index contributed by atoms with van der Waals surface area (Å²) in [5.41, 5.74) is -2.83. The molecule has 3 N–H and O–H groups in total. The van der Waals surface area contributed by atoms with Gasteiger partial charge in [0.15, 0.2) is 0 Å². The lowest BCUT2D eigenvalue weighted by Crippen LogP contribution is -2.50. The van der Waals surface area contributed by atoms with Crippen LogP contribution in [0.15, 0.2) is 18.2 Å². The molecule has 1 atom stereocenters. The monoisotopic (exact) mass is 374 g/mol. The van der Waals surface area contributed by atoms with Crippen molar-refractivity contribution < 1.29 is 37.4 Å². The quantitative estimate of drug-likeness (QED) is 0.732. The molecule has 0 aliphatic carbocycles.